The van der Waals surface area contributed by atoms with Gasteiger partial charge in [0.1, 0.15) is 5.82 Å². The van der Waals surface area contributed by atoms with Gasteiger partial charge in [0.05, 0.1) is 17.8 Å². The van der Waals surface area contributed by atoms with E-state index >= 15 is 0 Å². The number of rotatable bonds is 3. The van der Waals surface area contributed by atoms with E-state index in [2.05, 4.69) is 16.3 Å². The lowest BCUT2D eigenvalue weighted by Crippen LogP contribution is -2.17. The Morgan fingerprint density at radius 1 is 0.929 bits per heavy atom. The van der Waals surface area contributed by atoms with Crippen LogP contribution in [-0.4, -0.2) is 14.8 Å². The van der Waals surface area contributed by atoms with Crippen LogP contribution in [0.15, 0.2) is 83.9 Å². The van der Waals surface area contributed by atoms with Crippen LogP contribution < -0.4 is 5.56 Å². The van der Waals surface area contributed by atoms with Crippen molar-refractivity contribution in [3.05, 3.63) is 101 Å². The number of hydrogen-bond donors (Lipinski definition) is 0. The van der Waals surface area contributed by atoms with Gasteiger partial charge in [0.2, 0.25) is 0 Å². The van der Waals surface area contributed by atoms with Crippen molar-refractivity contribution in [1.82, 2.24) is 14.8 Å². The van der Waals surface area contributed by atoms with Crippen molar-refractivity contribution in [3.63, 3.8) is 0 Å². The number of benzene rings is 2. The molecule has 0 aliphatic rings. The second-order valence-electron chi connectivity index (χ2n) is 6.06. The standard InChI is InChI=1S/C22H13FN4O/c23-20-9-8-15(11-19(20)18-6-2-1-5-16(18)13-24)17-12-21(26-25-14-17)27-10-4-3-7-22(27)28/h1-12,14H. The minimum atomic E-state index is -0.423. The largest absolute Gasteiger partial charge is 0.269 e. The summed E-state index contributed by atoms with van der Waals surface area (Å²) in [5.41, 5.74) is 2.39. The Bertz CT molecular complexity index is 1270. The van der Waals surface area contributed by atoms with Crippen molar-refractivity contribution in [1.29, 1.82) is 5.26 Å². The summed E-state index contributed by atoms with van der Waals surface area (Å²) in [6.07, 6.45) is 3.15. The lowest BCUT2D eigenvalue weighted by atomic mass is 9.96. The van der Waals surface area contributed by atoms with Crippen molar-refractivity contribution in [3.8, 4) is 34.1 Å². The van der Waals surface area contributed by atoms with Gasteiger partial charge in [-0.2, -0.15) is 10.4 Å². The van der Waals surface area contributed by atoms with E-state index in [0.717, 1.165) is 0 Å². The summed E-state index contributed by atoms with van der Waals surface area (Å²) in [4.78, 5) is 12.0. The minimum absolute atomic E-state index is 0.225. The second-order valence-corrected chi connectivity index (χ2v) is 6.06. The molecule has 6 heteroatoms. The van der Waals surface area contributed by atoms with Crippen LogP contribution in [0.1, 0.15) is 5.56 Å². The van der Waals surface area contributed by atoms with Crippen LogP contribution in [0.25, 0.3) is 28.1 Å². The second kappa shape index (κ2) is 7.25. The first-order chi connectivity index (χ1) is 13.7. The predicted molar refractivity (Wildman–Crippen MR) is 103 cm³/mol. The Kier molecular flexibility index (Phi) is 4.48. The van der Waals surface area contributed by atoms with E-state index in [1.165, 1.54) is 16.7 Å². The number of hydrogen-bond acceptors (Lipinski definition) is 4. The molecule has 2 heterocycles. The molecule has 134 valence electrons. The molecular weight excluding hydrogens is 355 g/mol. The van der Waals surface area contributed by atoms with Crippen molar-refractivity contribution >= 4 is 0 Å². The average Bonchev–Trinajstić information content (AvgIpc) is 2.74. The van der Waals surface area contributed by atoms with Gasteiger partial charge in [-0.25, -0.2) is 4.39 Å². The fourth-order valence-electron chi connectivity index (χ4n) is 2.97. The van der Waals surface area contributed by atoms with E-state index in [4.69, 9.17) is 0 Å². The third-order valence-electron chi connectivity index (χ3n) is 4.35. The Morgan fingerprint density at radius 2 is 1.75 bits per heavy atom. The molecule has 2 aromatic heterocycles. The van der Waals surface area contributed by atoms with Crippen molar-refractivity contribution < 1.29 is 4.39 Å². The highest BCUT2D eigenvalue weighted by molar-refractivity contribution is 5.76. The number of pyridine rings is 1. The van der Waals surface area contributed by atoms with Gasteiger partial charge in [-0.05, 0) is 35.9 Å². The fourth-order valence-corrected chi connectivity index (χ4v) is 2.97. The number of halogens is 1. The zero-order valence-electron chi connectivity index (χ0n) is 14.6. The Labute approximate surface area is 160 Å². The zero-order valence-corrected chi connectivity index (χ0v) is 14.6. The van der Waals surface area contributed by atoms with Crippen LogP contribution in [0, 0.1) is 17.1 Å². The summed E-state index contributed by atoms with van der Waals surface area (Å²) in [7, 11) is 0. The van der Waals surface area contributed by atoms with Crippen LogP contribution in [-0.2, 0) is 0 Å². The quantitative estimate of drug-likeness (QED) is 0.548. The molecule has 4 aromatic rings. The van der Waals surface area contributed by atoms with Gasteiger partial charge in [-0.3, -0.25) is 9.36 Å². The number of nitrogens with zero attached hydrogens (tertiary/aromatic N) is 4. The van der Waals surface area contributed by atoms with Gasteiger partial charge < -0.3 is 0 Å². The molecule has 0 unspecified atom stereocenters. The summed E-state index contributed by atoms with van der Waals surface area (Å²) >= 11 is 0. The molecule has 0 bridgehead atoms. The third kappa shape index (κ3) is 3.17. The molecule has 0 radical (unpaired) electrons. The molecule has 4 rings (SSSR count). The summed E-state index contributed by atoms with van der Waals surface area (Å²) in [6, 6.07) is 20.1. The Hall–Kier alpha value is -4.11. The summed E-state index contributed by atoms with van der Waals surface area (Å²) in [6.45, 7) is 0. The van der Waals surface area contributed by atoms with E-state index in [-0.39, 0.29) is 5.56 Å². The molecule has 0 aliphatic heterocycles. The van der Waals surface area contributed by atoms with Crippen molar-refractivity contribution in [2.75, 3.05) is 0 Å². The molecule has 0 N–H and O–H groups in total. The maximum atomic E-state index is 14.5. The molecule has 0 saturated carbocycles. The Morgan fingerprint density at radius 3 is 2.57 bits per heavy atom. The molecule has 0 spiro atoms. The average molecular weight is 368 g/mol. The third-order valence-corrected chi connectivity index (χ3v) is 4.35. The normalized spacial score (nSPS) is 10.4. The highest BCUT2D eigenvalue weighted by Gasteiger charge is 2.12. The van der Waals surface area contributed by atoms with Crippen LogP contribution in [0.4, 0.5) is 4.39 Å². The molecule has 0 atom stereocenters. The first-order valence-electron chi connectivity index (χ1n) is 8.47. The van der Waals surface area contributed by atoms with Crippen LogP contribution in [0.5, 0.6) is 0 Å². The molecule has 0 amide bonds. The van der Waals surface area contributed by atoms with Crippen LogP contribution in [0.2, 0.25) is 0 Å². The van der Waals surface area contributed by atoms with Gasteiger partial charge in [-0.15, -0.1) is 5.10 Å². The maximum absolute atomic E-state index is 14.5. The molecule has 5 nitrogen and oxygen atoms in total. The SMILES string of the molecule is N#Cc1ccccc1-c1cc(-c2cnnc(-n3ccccc3=O)c2)ccc1F. The molecule has 0 fully saturated rings. The van der Waals surface area contributed by atoms with Gasteiger partial charge in [0.15, 0.2) is 5.82 Å². The Balaban J connectivity index is 1.84. The number of nitriles is 1. The van der Waals surface area contributed by atoms with Crippen LogP contribution >= 0.6 is 0 Å². The highest BCUT2D eigenvalue weighted by Crippen LogP contribution is 2.30. The van der Waals surface area contributed by atoms with E-state index in [1.807, 2.05) is 0 Å². The molecular formula is C22H13FN4O. The van der Waals surface area contributed by atoms with Gasteiger partial charge in [0.25, 0.3) is 5.56 Å². The zero-order chi connectivity index (χ0) is 19.5. The topological polar surface area (TPSA) is 71.6 Å². The minimum Gasteiger partial charge on any atom is -0.269 e. The fraction of sp³-hybridized carbons (Fsp3) is 0. The predicted octanol–water partition coefficient (Wildman–Crippen LogP) is 3.97. The van der Waals surface area contributed by atoms with Gasteiger partial charge in [-0.1, -0.05) is 30.3 Å². The monoisotopic (exact) mass is 368 g/mol. The highest BCUT2D eigenvalue weighted by atomic mass is 19.1. The molecule has 0 saturated heterocycles. The van der Waals surface area contributed by atoms with E-state index < -0.39 is 5.82 Å². The lowest BCUT2D eigenvalue weighted by molar-refractivity contribution is 0.631. The molecule has 2 aromatic carbocycles. The maximum Gasteiger partial charge on any atom is 0.256 e. The first-order valence-corrected chi connectivity index (χ1v) is 8.47. The smallest absolute Gasteiger partial charge is 0.256 e. The van der Waals surface area contributed by atoms with E-state index in [0.29, 0.717) is 33.6 Å². The lowest BCUT2D eigenvalue weighted by Gasteiger charge is -2.10. The number of aromatic nitrogens is 3. The van der Waals surface area contributed by atoms with Gasteiger partial charge >= 0.3 is 0 Å². The summed E-state index contributed by atoms with van der Waals surface area (Å²) in [5.74, 6) is -0.0561. The van der Waals surface area contributed by atoms with E-state index in [9.17, 15) is 14.4 Å². The van der Waals surface area contributed by atoms with Crippen molar-refractivity contribution in [2.45, 2.75) is 0 Å². The first kappa shape index (κ1) is 17.3. The molecule has 0 aliphatic carbocycles. The van der Waals surface area contributed by atoms with Crippen LogP contribution in [0.3, 0.4) is 0 Å². The molecule has 28 heavy (non-hydrogen) atoms. The van der Waals surface area contributed by atoms with Gasteiger partial charge in [0, 0.05) is 29.0 Å². The summed E-state index contributed by atoms with van der Waals surface area (Å²) < 4.78 is 15.9. The van der Waals surface area contributed by atoms with E-state index in [1.54, 1.807) is 67.0 Å². The summed E-state index contributed by atoms with van der Waals surface area (Å²) in [5, 5.41) is 17.3. The van der Waals surface area contributed by atoms with Crippen molar-refractivity contribution in [2.24, 2.45) is 0 Å².